The first-order valence-corrected chi connectivity index (χ1v) is 24.6. The zero-order valence-corrected chi connectivity index (χ0v) is 40.4. The molecule has 0 aromatic heterocycles. The molecule has 2 spiro atoms. The van der Waals surface area contributed by atoms with Crippen LogP contribution < -0.4 is 0 Å². The maximum absolute atomic E-state index is 12.1. The number of aliphatic hydroxyl groups excluding tert-OH is 7. The molecule has 17 nitrogen and oxygen atoms in total. The van der Waals surface area contributed by atoms with E-state index in [1.54, 1.807) is 13.8 Å². The molecule has 5 saturated heterocycles. The van der Waals surface area contributed by atoms with Crippen molar-refractivity contribution in [2.24, 2.45) is 45.3 Å². The molecular weight excluding hydrogens is 861 g/mol. The molecule has 0 amide bonds. The summed E-state index contributed by atoms with van der Waals surface area (Å²) in [4.78, 5) is 12.1. The molecule has 25 unspecified atom stereocenters. The molecule has 9 fully saturated rings. The quantitative estimate of drug-likeness (QED) is 0.105. The van der Waals surface area contributed by atoms with Gasteiger partial charge < -0.3 is 78.4 Å². The van der Waals surface area contributed by atoms with E-state index < -0.39 is 103 Å². The molecule has 66 heavy (non-hydrogen) atoms. The third-order valence-corrected chi connectivity index (χ3v) is 19.0. The van der Waals surface area contributed by atoms with Gasteiger partial charge in [0.1, 0.15) is 48.8 Å². The van der Waals surface area contributed by atoms with Crippen LogP contribution in [0.4, 0.5) is 0 Å². The molecule has 4 aliphatic carbocycles. The van der Waals surface area contributed by atoms with E-state index in [4.69, 9.17) is 42.6 Å². The minimum atomic E-state index is -1.62. The van der Waals surface area contributed by atoms with E-state index in [2.05, 4.69) is 40.7 Å². The Morgan fingerprint density at radius 1 is 0.712 bits per heavy atom. The van der Waals surface area contributed by atoms with Crippen LogP contribution in [0.2, 0.25) is 0 Å². The number of aliphatic hydroxyl groups is 7. The van der Waals surface area contributed by atoms with E-state index >= 15 is 0 Å². The van der Waals surface area contributed by atoms with Crippen LogP contribution in [-0.2, 0) is 47.4 Å². The Morgan fingerprint density at radius 3 is 2.11 bits per heavy atom. The predicted molar refractivity (Wildman–Crippen MR) is 232 cm³/mol. The van der Waals surface area contributed by atoms with Gasteiger partial charge in [-0.05, 0) is 107 Å². The summed E-state index contributed by atoms with van der Waals surface area (Å²) in [6, 6.07) is 0. The maximum atomic E-state index is 12.1. The lowest BCUT2D eigenvalue weighted by Crippen LogP contribution is -2.69. The highest BCUT2D eigenvalue weighted by Crippen LogP contribution is 2.80. The summed E-state index contributed by atoms with van der Waals surface area (Å²) in [7, 11) is 0. The van der Waals surface area contributed by atoms with Crippen LogP contribution in [0.25, 0.3) is 0 Å². The van der Waals surface area contributed by atoms with Gasteiger partial charge in [0.05, 0.1) is 43.2 Å². The summed E-state index contributed by atoms with van der Waals surface area (Å²) in [5.74, 6) is -1.01. The fraction of sp³-hybridized carbons (Fsp3) is 0.939. The van der Waals surface area contributed by atoms with Gasteiger partial charge in [0.15, 0.2) is 30.8 Å². The molecule has 5 aliphatic heterocycles. The topological polar surface area (TPSA) is 242 Å². The number of hydrogen-bond donors (Lipinski definition) is 7. The first-order chi connectivity index (χ1) is 30.8. The lowest BCUT2D eigenvalue weighted by molar-refractivity contribution is -0.384. The Balaban J connectivity index is 0.971. The Morgan fingerprint density at radius 2 is 1.41 bits per heavy atom. The normalized spacial score (nSPS) is 56.3. The molecule has 4 saturated carbocycles. The van der Waals surface area contributed by atoms with Crippen LogP contribution in [0.1, 0.15) is 121 Å². The van der Waals surface area contributed by atoms with Gasteiger partial charge in [-0.2, -0.15) is 0 Å². The van der Waals surface area contributed by atoms with Crippen molar-refractivity contribution in [1.82, 2.24) is 0 Å². The summed E-state index contributed by atoms with van der Waals surface area (Å²) in [6.45, 7) is 20.5. The summed E-state index contributed by atoms with van der Waals surface area (Å²) >= 11 is 0. The standard InChI is InChI=1S/C49H78O17/c1-22(2)17-26-18-47(10,66-42-37(57)38(62-25(5)50)33(53)24(4)61-42)40-27-11-12-30-45(8)15-14-31(44(6,7)29(45)13-16-46(30,9)48(27)20-49(40,65-26)59-21-48)63-43-39(34(54)28(51)19-58-43)64-41-36(56)35(55)32(52)23(3)60-41/h17,23-24,26-43,51-57H,11-16,18-21H2,1-10H3. The zero-order chi connectivity index (χ0) is 47.8. The Labute approximate surface area is 388 Å². The SMILES string of the molecule is CC(=O)OC1C(O)C(C)OC(OC2(C)CC(C=C(C)C)OC34CC5(CO3)C(CCC3C6(C)CCC(OC7OCC(O)C(O)C7OC7OC(C)C(O)C(O)C7O)C(C)(C)C6CCC35C)C24)C1O. The van der Waals surface area contributed by atoms with Gasteiger partial charge in [0, 0.05) is 31.1 Å². The second-order valence-electron chi connectivity index (χ2n) is 23.5. The third-order valence-electron chi connectivity index (χ3n) is 19.0. The minimum absolute atomic E-state index is 0.0835. The maximum Gasteiger partial charge on any atom is 0.303 e. The minimum Gasteiger partial charge on any atom is -0.457 e. The highest BCUT2D eigenvalue weighted by atomic mass is 16.8. The molecule has 2 bridgehead atoms. The van der Waals surface area contributed by atoms with E-state index in [1.165, 1.54) is 6.92 Å². The number of allylic oxidation sites excluding steroid dienone is 1. The van der Waals surface area contributed by atoms with Crippen molar-refractivity contribution in [3.8, 4) is 0 Å². The number of rotatable bonds is 8. The van der Waals surface area contributed by atoms with Crippen LogP contribution in [0, 0.1) is 45.3 Å². The van der Waals surface area contributed by atoms with Crippen LogP contribution in [0.15, 0.2) is 11.6 Å². The van der Waals surface area contributed by atoms with Crippen LogP contribution >= 0.6 is 0 Å². The van der Waals surface area contributed by atoms with Crippen molar-refractivity contribution in [3.63, 3.8) is 0 Å². The largest absolute Gasteiger partial charge is 0.457 e. The Bertz CT molecular complexity index is 1850. The van der Waals surface area contributed by atoms with Crippen LogP contribution in [0.3, 0.4) is 0 Å². The molecule has 9 aliphatic rings. The van der Waals surface area contributed by atoms with Gasteiger partial charge in [-0.1, -0.05) is 39.3 Å². The lowest BCUT2D eigenvalue weighted by Gasteiger charge is -2.70. The number of carbonyl (C=O) groups excluding carboxylic acids is 1. The molecule has 7 N–H and O–H groups in total. The van der Waals surface area contributed by atoms with Gasteiger partial charge >= 0.3 is 5.97 Å². The van der Waals surface area contributed by atoms with Crippen molar-refractivity contribution in [1.29, 1.82) is 0 Å². The van der Waals surface area contributed by atoms with Crippen LogP contribution in [-0.4, -0.2) is 165 Å². The molecular formula is C49H78O17. The number of carbonyl (C=O) groups is 1. The van der Waals surface area contributed by atoms with E-state index in [1.807, 2.05) is 13.8 Å². The fourth-order valence-corrected chi connectivity index (χ4v) is 16.1. The number of hydrogen-bond acceptors (Lipinski definition) is 17. The van der Waals surface area contributed by atoms with E-state index in [0.29, 0.717) is 31.8 Å². The van der Waals surface area contributed by atoms with Crippen molar-refractivity contribution >= 4 is 5.97 Å². The van der Waals surface area contributed by atoms with Gasteiger partial charge in [-0.25, -0.2) is 0 Å². The Kier molecular flexibility index (Phi) is 12.9. The molecule has 5 heterocycles. The summed E-state index contributed by atoms with van der Waals surface area (Å²) < 4.78 is 57.7. The molecule has 0 aromatic rings. The highest BCUT2D eigenvalue weighted by Gasteiger charge is 2.81. The molecule has 25 atom stereocenters. The molecule has 9 rings (SSSR count). The fourth-order valence-electron chi connectivity index (χ4n) is 16.1. The van der Waals surface area contributed by atoms with E-state index in [0.717, 1.165) is 37.7 Å². The zero-order valence-electron chi connectivity index (χ0n) is 40.4. The highest BCUT2D eigenvalue weighted by molar-refractivity contribution is 5.66. The third kappa shape index (κ3) is 7.53. The molecule has 0 aromatic carbocycles. The average molecular weight is 939 g/mol. The van der Waals surface area contributed by atoms with Crippen LogP contribution in [0.5, 0.6) is 0 Å². The van der Waals surface area contributed by atoms with Crippen molar-refractivity contribution < 1.29 is 83.2 Å². The molecule has 17 heteroatoms. The van der Waals surface area contributed by atoms with Gasteiger partial charge in [0.2, 0.25) is 0 Å². The van der Waals surface area contributed by atoms with E-state index in [9.17, 15) is 40.5 Å². The Hall–Kier alpha value is -1.39. The second kappa shape index (κ2) is 17.1. The first-order valence-electron chi connectivity index (χ1n) is 24.6. The van der Waals surface area contributed by atoms with Crippen molar-refractivity contribution in [3.05, 3.63) is 11.6 Å². The summed E-state index contributed by atoms with van der Waals surface area (Å²) in [5, 5.41) is 76.0. The van der Waals surface area contributed by atoms with Crippen molar-refractivity contribution in [2.75, 3.05) is 13.2 Å². The van der Waals surface area contributed by atoms with E-state index in [-0.39, 0.29) is 58.2 Å². The van der Waals surface area contributed by atoms with Crippen molar-refractivity contribution in [2.45, 2.75) is 230 Å². The predicted octanol–water partition coefficient (Wildman–Crippen LogP) is 2.59. The number of fused-ring (bicyclic) bond motifs is 4. The number of esters is 1. The smallest absolute Gasteiger partial charge is 0.303 e. The monoisotopic (exact) mass is 939 g/mol. The average Bonchev–Trinajstić information content (AvgIpc) is 3.76. The summed E-state index contributed by atoms with van der Waals surface area (Å²) in [6.07, 6.45) is -9.63. The van der Waals surface area contributed by atoms with Gasteiger partial charge in [-0.15, -0.1) is 0 Å². The van der Waals surface area contributed by atoms with Gasteiger partial charge in [-0.3, -0.25) is 4.79 Å². The van der Waals surface area contributed by atoms with Gasteiger partial charge in [0.25, 0.3) is 0 Å². The first kappa shape index (κ1) is 49.6. The molecule has 0 radical (unpaired) electrons. The lowest BCUT2D eigenvalue weighted by atomic mass is 9.35. The number of ether oxygens (including phenoxy) is 9. The summed E-state index contributed by atoms with van der Waals surface area (Å²) in [5.41, 5.74) is -0.626. The molecule has 376 valence electrons. The second-order valence-corrected chi connectivity index (χ2v) is 23.5.